The average Bonchev–Trinajstić information content (AvgIpc) is 2.67. The number of hydrogen-bond acceptors (Lipinski definition) is 4. The fourth-order valence-electron chi connectivity index (χ4n) is 2.29. The summed E-state index contributed by atoms with van der Waals surface area (Å²) in [6.07, 6.45) is 0.933. The van der Waals surface area contributed by atoms with Crippen LogP contribution in [0.1, 0.15) is 29.3 Å². The number of thioether (sulfide) groups is 1. The molecule has 2 rings (SSSR count). The van der Waals surface area contributed by atoms with Gasteiger partial charge >= 0.3 is 5.97 Å². The lowest BCUT2D eigenvalue weighted by Gasteiger charge is -2.12. The molecule has 0 heterocycles. The lowest BCUT2D eigenvalue weighted by Crippen LogP contribution is -2.29. The molecule has 28 heavy (non-hydrogen) atoms. The van der Waals surface area contributed by atoms with Crippen molar-refractivity contribution in [3.8, 4) is 0 Å². The second-order valence-corrected chi connectivity index (χ2v) is 7.75. The SMILES string of the molecule is CCOC(=O)c1cc(NC(=S)NCCCSCc2ccc(F)cc2)ccc1Cl. The van der Waals surface area contributed by atoms with E-state index in [2.05, 4.69) is 10.6 Å². The van der Waals surface area contributed by atoms with Crippen LogP contribution in [0, 0.1) is 5.82 Å². The molecule has 2 aromatic carbocycles. The van der Waals surface area contributed by atoms with E-state index < -0.39 is 5.97 Å². The van der Waals surface area contributed by atoms with Crippen molar-refractivity contribution in [1.29, 1.82) is 0 Å². The number of anilines is 1. The summed E-state index contributed by atoms with van der Waals surface area (Å²) in [5.74, 6) is 1.13. The van der Waals surface area contributed by atoms with Gasteiger partial charge in [0.1, 0.15) is 5.82 Å². The number of thiocarbonyl (C=S) groups is 1. The van der Waals surface area contributed by atoms with Crippen LogP contribution in [-0.2, 0) is 10.5 Å². The highest BCUT2D eigenvalue weighted by molar-refractivity contribution is 7.98. The number of hydrogen-bond donors (Lipinski definition) is 2. The molecule has 0 amide bonds. The van der Waals surface area contributed by atoms with Gasteiger partial charge in [-0.05, 0) is 67.2 Å². The van der Waals surface area contributed by atoms with Crippen molar-refractivity contribution in [2.45, 2.75) is 19.1 Å². The van der Waals surface area contributed by atoms with Gasteiger partial charge in [0, 0.05) is 18.0 Å². The second-order valence-electron chi connectivity index (χ2n) is 5.83. The lowest BCUT2D eigenvalue weighted by atomic mass is 10.2. The van der Waals surface area contributed by atoms with Crippen molar-refractivity contribution in [3.63, 3.8) is 0 Å². The van der Waals surface area contributed by atoms with E-state index in [1.807, 2.05) is 0 Å². The van der Waals surface area contributed by atoms with Crippen LogP contribution >= 0.6 is 35.6 Å². The van der Waals surface area contributed by atoms with E-state index >= 15 is 0 Å². The van der Waals surface area contributed by atoms with Gasteiger partial charge in [0.15, 0.2) is 5.11 Å². The van der Waals surface area contributed by atoms with Crippen LogP contribution < -0.4 is 10.6 Å². The standard InChI is InChI=1S/C20H22ClFN2O2S2/c1-2-26-19(25)17-12-16(8-9-18(17)21)24-20(27)23-10-3-11-28-13-14-4-6-15(22)7-5-14/h4-9,12H,2-3,10-11,13H2,1H3,(H2,23,24,27). The Bertz CT molecular complexity index is 803. The average molecular weight is 441 g/mol. The van der Waals surface area contributed by atoms with E-state index in [4.69, 9.17) is 28.6 Å². The van der Waals surface area contributed by atoms with Crippen LogP contribution in [-0.4, -0.2) is 30.0 Å². The predicted molar refractivity (Wildman–Crippen MR) is 119 cm³/mol. The van der Waals surface area contributed by atoms with Gasteiger partial charge in [-0.2, -0.15) is 11.8 Å². The smallest absolute Gasteiger partial charge is 0.339 e. The first-order chi connectivity index (χ1) is 13.5. The third kappa shape index (κ3) is 7.66. The Kier molecular flexibility index (Phi) is 9.54. The van der Waals surface area contributed by atoms with E-state index in [0.717, 1.165) is 30.0 Å². The summed E-state index contributed by atoms with van der Waals surface area (Å²) >= 11 is 13.1. The number of rotatable bonds is 9. The Morgan fingerprint density at radius 2 is 2.00 bits per heavy atom. The normalized spacial score (nSPS) is 10.4. The minimum atomic E-state index is -0.465. The summed E-state index contributed by atoms with van der Waals surface area (Å²) in [7, 11) is 0. The maximum absolute atomic E-state index is 12.9. The largest absolute Gasteiger partial charge is 0.462 e. The molecular weight excluding hydrogens is 419 g/mol. The zero-order valence-corrected chi connectivity index (χ0v) is 17.9. The predicted octanol–water partition coefficient (Wildman–Crippen LogP) is 5.27. The number of nitrogens with one attached hydrogen (secondary N) is 2. The van der Waals surface area contributed by atoms with Crippen LogP contribution in [0.15, 0.2) is 42.5 Å². The van der Waals surface area contributed by atoms with E-state index in [0.29, 0.717) is 21.4 Å². The molecule has 0 aliphatic rings. The van der Waals surface area contributed by atoms with Crippen molar-refractivity contribution >= 4 is 52.3 Å². The summed E-state index contributed by atoms with van der Waals surface area (Å²) in [5.41, 5.74) is 2.07. The van der Waals surface area contributed by atoms with Crippen molar-refractivity contribution in [1.82, 2.24) is 5.32 Å². The summed E-state index contributed by atoms with van der Waals surface area (Å²) in [6, 6.07) is 11.6. The third-order valence-corrected chi connectivity index (χ3v) is 5.34. The third-order valence-electron chi connectivity index (χ3n) is 3.65. The molecule has 0 aliphatic carbocycles. The zero-order valence-electron chi connectivity index (χ0n) is 15.5. The molecule has 0 fully saturated rings. The Morgan fingerprint density at radius 3 is 2.71 bits per heavy atom. The van der Waals surface area contributed by atoms with Crippen LogP contribution in [0.5, 0.6) is 0 Å². The summed E-state index contributed by atoms with van der Waals surface area (Å²) in [6.45, 7) is 2.75. The monoisotopic (exact) mass is 440 g/mol. The Balaban J connectivity index is 1.69. The van der Waals surface area contributed by atoms with Gasteiger partial charge < -0.3 is 15.4 Å². The number of carbonyl (C=O) groups is 1. The molecule has 2 N–H and O–H groups in total. The first kappa shape index (κ1) is 22.5. The summed E-state index contributed by atoms with van der Waals surface area (Å²) in [4.78, 5) is 11.9. The quantitative estimate of drug-likeness (QED) is 0.315. The number of halogens is 2. The molecule has 0 radical (unpaired) electrons. The molecule has 0 spiro atoms. The second kappa shape index (κ2) is 11.9. The topological polar surface area (TPSA) is 50.4 Å². The Hall–Kier alpha value is -1.83. The highest BCUT2D eigenvalue weighted by atomic mass is 35.5. The van der Waals surface area contributed by atoms with Crippen LogP contribution in [0.3, 0.4) is 0 Å². The molecule has 8 heteroatoms. The van der Waals surface area contributed by atoms with Gasteiger partial charge in [0.05, 0.1) is 17.2 Å². The molecule has 0 aromatic heterocycles. The lowest BCUT2D eigenvalue weighted by molar-refractivity contribution is 0.0526. The van der Waals surface area contributed by atoms with Gasteiger partial charge in [-0.1, -0.05) is 23.7 Å². The molecule has 4 nitrogen and oxygen atoms in total. The molecule has 0 aliphatic heterocycles. The van der Waals surface area contributed by atoms with Gasteiger partial charge in [0.2, 0.25) is 0 Å². The summed E-state index contributed by atoms with van der Waals surface area (Å²) in [5, 5.41) is 6.98. The maximum Gasteiger partial charge on any atom is 0.339 e. The molecule has 0 unspecified atom stereocenters. The van der Waals surface area contributed by atoms with E-state index in [-0.39, 0.29) is 12.4 Å². The maximum atomic E-state index is 12.9. The first-order valence-electron chi connectivity index (χ1n) is 8.83. The van der Waals surface area contributed by atoms with E-state index in [1.165, 1.54) is 12.1 Å². The van der Waals surface area contributed by atoms with Crippen molar-refractivity contribution in [2.24, 2.45) is 0 Å². The van der Waals surface area contributed by atoms with Crippen molar-refractivity contribution in [3.05, 3.63) is 64.4 Å². The molecular formula is C20H22ClFN2O2S2. The van der Waals surface area contributed by atoms with Gasteiger partial charge in [-0.25, -0.2) is 9.18 Å². The van der Waals surface area contributed by atoms with E-state index in [1.54, 1.807) is 49.0 Å². The molecule has 0 saturated carbocycles. The minimum absolute atomic E-state index is 0.214. The highest BCUT2D eigenvalue weighted by Gasteiger charge is 2.12. The number of benzene rings is 2. The molecule has 0 saturated heterocycles. The first-order valence-corrected chi connectivity index (χ1v) is 10.8. The van der Waals surface area contributed by atoms with Gasteiger partial charge in [-0.15, -0.1) is 0 Å². The number of ether oxygens (including phenoxy) is 1. The fourth-order valence-corrected chi connectivity index (χ4v) is 3.63. The summed E-state index contributed by atoms with van der Waals surface area (Å²) < 4.78 is 17.8. The van der Waals surface area contributed by atoms with Gasteiger partial charge in [0.25, 0.3) is 0 Å². The highest BCUT2D eigenvalue weighted by Crippen LogP contribution is 2.21. The van der Waals surface area contributed by atoms with Crippen LogP contribution in [0.4, 0.5) is 10.1 Å². The molecule has 2 aromatic rings. The van der Waals surface area contributed by atoms with Crippen LogP contribution in [0.25, 0.3) is 0 Å². The minimum Gasteiger partial charge on any atom is -0.462 e. The molecule has 0 bridgehead atoms. The van der Waals surface area contributed by atoms with E-state index in [9.17, 15) is 9.18 Å². The fraction of sp³-hybridized carbons (Fsp3) is 0.300. The van der Waals surface area contributed by atoms with Gasteiger partial charge in [-0.3, -0.25) is 0 Å². The van der Waals surface area contributed by atoms with Crippen molar-refractivity contribution < 1.29 is 13.9 Å². The number of carbonyl (C=O) groups excluding carboxylic acids is 1. The molecule has 150 valence electrons. The van der Waals surface area contributed by atoms with Crippen LogP contribution in [0.2, 0.25) is 5.02 Å². The molecule has 0 atom stereocenters. The van der Waals surface area contributed by atoms with Crippen molar-refractivity contribution in [2.75, 3.05) is 24.2 Å². The number of esters is 1. The Morgan fingerprint density at radius 1 is 1.25 bits per heavy atom. The Labute approximate surface area is 179 Å². The zero-order chi connectivity index (χ0) is 20.4.